The third-order valence-corrected chi connectivity index (χ3v) is 5.07. The fraction of sp³-hybridized carbons (Fsp3) is 0.588. The fourth-order valence-corrected chi connectivity index (χ4v) is 3.56. The van der Waals surface area contributed by atoms with E-state index in [-0.39, 0.29) is 12.2 Å². The number of fused-ring (bicyclic) bond motifs is 1. The normalized spacial score (nSPS) is 11.9. The summed E-state index contributed by atoms with van der Waals surface area (Å²) in [6, 6.07) is 1.87. The van der Waals surface area contributed by atoms with E-state index in [0.29, 0.717) is 29.1 Å². The number of thiophene rings is 1. The molecule has 0 aliphatic heterocycles. The maximum Gasteiger partial charge on any atom is 0.331 e. The number of hydrogen-bond acceptors (Lipinski definition) is 6. The van der Waals surface area contributed by atoms with Crippen molar-refractivity contribution in [2.24, 2.45) is 0 Å². The van der Waals surface area contributed by atoms with E-state index in [0.717, 1.165) is 11.3 Å². The molecule has 7 heteroatoms. The van der Waals surface area contributed by atoms with Crippen LogP contribution in [0, 0.1) is 0 Å². The van der Waals surface area contributed by atoms with Gasteiger partial charge in [0.25, 0.3) is 5.56 Å². The van der Waals surface area contributed by atoms with E-state index in [1.165, 1.54) is 15.9 Å². The molecule has 0 N–H and O–H groups in total. The van der Waals surface area contributed by atoms with E-state index in [9.17, 15) is 9.59 Å². The molecule has 0 atom stereocenters. The maximum atomic E-state index is 13.1. The van der Waals surface area contributed by atoms with Crippen LogP contribution in [0.1, 0.15) is 38.4 Å². The van der Waals surface area contributed by atoms with Crippen molar-refractivity contribution in [1.29, 1.82) is 0 Å². The highest BCUT2D eigenvalue weighted by molar-refractivity contribution is 7.18. The van der Waals surface area contributed by atoms with Crippen molar-refractivity contribution in [3.8, 4) is 0 Å². The molecule has 0 saturated carbocycles. The first-order chi connectivity index (χ1) is 11.4. The number of methoxy groups -OCH3 is 1. The molecule has 0 aliphatic rings. The lowest BCUT2D eigenvalue weighted by Crippen LogP contribution is -2.46. The summed E-state index contributed by atoms with van der Waals surface area (Å²) in [6.07, 6.45) is 1.29. The molecule has 0 spiro atoms. The van der Waals surface area contributed by atoms with Crippen LogP contribution in [0.4, 0.5) is 0 Å². The Kier molecular flexibility index (Phi) is 5.77. The summed E-state index contributed by atoms with van der Waals surface area (Å²) in [5.41, 5.74) is -1.34. The summed E-state index contributed by atoms with van der Waals surface area (Å²) in [5.74, 6) is 0.0924. The molecule has 0 unspecified atom stereocenters. The van der Waals surface area contributed by atoms with E-state index in [4.69, 9.17) is 9.47 Å². The first-order valence-electron chi connectivity index (χ1n) is 8.07. The first-order valence-corrected chi connectivity index (χ1v) is 8.89. The van der Waals surface area contributed by atoms with Gasteiger partial charge in [0.2, 0.25) is 0 Å². The largest absolute Gasteiger partial charge is 0.464 e. The van der Waals surface area contributed by atoms with E-state index >= 15 is 0 Å². The molecule has 0 aromatic carbocycles. The number of ether oxygens (including phenoxy) is 2. The first kappa shape index (κ1) is 18.6. The highest BCUT2D eigenvalue weighted by atomic mass is 32.1. The Morgan fingerprint density at radius 3 is 2.67 bits per heavy atom. The average Bonchev–Trinajstić information content (AvgIpc) is 2.96. The van der Waals surface area contributed by atoms with Crippen LogP contribution in [0.5, 0.6) is 0 Å². The average molecular weight is 352 g/mol. The molecular weight excluding hydrogens is 328 g/mol. The van der Waals surface area contributed by atoms with Gasteiger partial charge in [-0.3, -0.25) is 9.36 Å². The molecule has 6 nitrogen and oxygen atoms in total. The molecule has 0 amide bonds. The lowest BCUT2D eigenvalue weighted by atomic mass is 10.0. The van der Waals surface area contributed by atoms with Gasteiger partial charge in [0.1, 0.15) is 16.2 Å². The molecule has 0 aliphatic carbocycles. The van der Waals surface area contributed by atoms with Crippen LogP contribution in [0.25, 0.3) is 10.2 Å². The maximum absolute atomic E-state index is 13.1. The van der Waals surface area contributed by atoms with Gasteiger partial charge in [0, 0.05) is 18.4 Å². The number of rotatable bonds is 7. The molecule has 0 saturated heterocycles. The predicted molar refractivity (Wildman–Crippen MR) is 94.8 cm³/mol. The van der Waals surface area contributed by atoms with Gasteiger partial charge >= 0.3 is 5.97 Å². The number of aromatic nitrogens is 2. The quantitative estimate of drug-likeness (QED) is 0.716. The van der Waals surface area contributed by atoms with Crippen LogP contribution in [0.3, 0.4) is 0 Å². The molecule has 0 fully saturated rings. The van der Waals surface area contributed by atoms with Gasteiger partial charge in [-0.15, -0.1) is 11.3 Å². The van der Waals surface area contributed by atoms with E-state index < -0.39 is 11.5 Å². The van der Waals surface area contributed by atoms with Crippen LogP contribution >= 0.6 is 11.3 Å². The zero-order valence-corrected chi connectivity index (χ0v) is 15.7. The summed E-state index contributed by atoms with van der Waals surface area (Å²) in [5, 5.41) is 0.551. The highest BCUT2D eigenvalue weighted by Gasteiger charge is 2.35. The van der Waals surface area contributed by atoms with Crippen molar-refractivity contribution < 1.29 is 14.3 Å². The van der Waals surface area contributed by atoms with Gasteiger partial charge in [-0.25, -0.2) is 9.78 Å². The number of aryl methyl sites for hydroxylation is 1. The molecule has 2 rings (SSSR count). The van der Waals surface area contributed by atoms with Crippen molar-refractivity contribution in [2.45, 2.75) is 46.1 Å². The molecular formula is C17H24N2O4S. The van der Waals surface area contributed by atoms with Gasteiger partial charge in [0.05, 0.1) is 18.6 Å². The number of hydrogen-bond donors (Lipinski definition) is 0. The predicted octanol–water partition coefficient (Wildman–Crippen LogP) is 2.51. The number of carbonyl (C=O) groups is 1. The molecule has 24 heavy (non-hydrogen) atoms. The second-order valence-electron chi connectivity index (χ2n) is 5.98. The zero-order valence-electron chi connectivity index (χ0n) is 14.8. The van der Waals surface area contributed by atoms with Gasteiger partial charge in [-0.1, -0.05) is 6.92 Å². The van der Waals surface area contributed by atoms with Crippen molar-refractivity contribution in [3.05, 3.63) is 27.1 Å². The Hall–Kier alpha value is -1.73. The van der Waals surface area contributed by atoms with Crippen molar-refractivity contribution in [1.82, 2.24) is 9.55 Å². The minimum absolute atomic E-state index is 0.208. The molecule has 132 valence electrons. The lowest BCUT2D eigenvalue weighted by molar-refractivity contribution is -0.152. The lowest BCUT2D eigenvalue weighted by Gasteiger charge is -2.27. The molecule has 0 radical (unpaired) electrons. The third kappa shape index (κ3) is 3.37. The Morgan fingerprint density at radius 2 is 2.08 bits per heavy atom. The zero-order chi connectivity index (χ0) is 17.9. The second-order valence-corrected chi connectivity index (χ2v) is 7.09. The fourth-order valence-electron chi connectivity index (χ4n) is 2.58. The third-order valence-electron chi connectivity index (χ3n) is 3.90. The van der Waals surface area contributed by atoms with Crippen molar-refractivity contribution >= 4 is 27.5 Å². The SMILES string of the molecule is CCOC(=O)C(C)(C)n1c(CCOC)nc2sc(CC)cc2c1=O. The van der Waals surface area contributed by atoms with Gasteiger partial charge in [0.15, 0.2) is 0 Å². The monoisotopic (exact) mass is 352 g/mol. The van der Waals surface area contributed by atoms with E-state index in [1.54, 1.807) is 27.9 Å². The van der Waals surface area contributed by atoms with Crippen LogP contribution in [0.15, 0.2) is 10.9 Å². The number of carbonyl (C=O) groups excluding carboxylic acids is 1. The molecule has 2 aromatic rings. The Balaban J connectivity index is 2.70. The van der Waals surface area contributed by atoms with E-state index in [2.05, 4.69) is 4.98 Å². The van der Waals surface area contributed by atoms with E-state index in [1.807, 2.05) is 13.0 Å². The van der Waals surface area contributed by atoms with Crippen LogP contribution in [-0.2, 0) is 32.6 Å². The number of nitrogens with zero attached hydrogens (tertiary/aromatic N) is 2. The van der Waals surface area contributed by atoms with Crippen LogP contribution < -0.4 is 5.56 Å². The van der Waals surface area contributed by atoms with Crippen LogP contribution in [0.2, 0.25) is 0 Å². The Labute approximate surface area is 145 Å². The van der Waals surface area contributed by atoms with Gasteiger partial charge in [-0.05, 0) is 33.3 Å². The summed E-state index contributed by atoms with van der Waals surface area (Å²) < 4.78 is 11.7. The smallest absolute Gasteiger partial charge is 0.331 e. The molecule has 2 aromatic heterocycles. The van der Waals surface area contributed by atoms with Crippen molar-refractivity contribution in [3.63, 3.8) is 0 Å². The minimum atomic E-state index is -1.13. The molecule has 2 heterocycles. The summed E-state index contributed by atoms with van der Waals surface area (Å²) in [4.78, 5) is 31.9. The summed E-state index contributed by atoms with van der Waals surface area (Å²) in [7, 11) is 1.60. The highest BCUT2D eigenvalue weighted by Crippen LogP contribution is 2.25. The van der Waals surface area contributed by atoms with Gasteiger partial charge in [-0.2, -0.15) is 0 Å². The standard InChI is InChI=1S/C17H24N2O4S/c1-6-11-10-12-14(24-11)18-13(8-9-22-5)19(15(12)20)17(3,4)16(21)23-7-2/h10H,6-9H2,1-5H3. The minimum Gasteiger partial charge on any atom is -0.464 e. The Bertz CT molecular complexity index is 792. The summed E-state index contributed by atoms with van der Waals surface area (Å²) >= 11 is 1.52. The van der Waals surface area contributed by atoms with Crippen molar-refractivity contribution in [2.75, 3.05) is 20.3 Å². The topological polar surface area (TPSA) is 70.4 Å². The van der Waals surface area contributed by atoms with Crippen LogP contribution in [-0.4, -0.2) is 35.8 Å². The van der Waals surface area contributed by atoms with Gasteiger partial charge < -0.3 is 9.47 Å². The molecule has 0 bridgehead atoms. The second kappa shape index (κ2) is 7.44. The summed E-state index contributed by atoms with van der Waals surface area (Å²) in [6.45, 7) is 7.84. The Morgan fingerprint density at radius 1 is 1.38 bits per heavy atom. The number of esters is 1.